The number of guanidine groups is 1. The highest BCUT2D eigenvalue weighted by atomic mass is 127. The Morgan fingerprint density at radius 1 is 1.30 bits per heavy atom. The summed E-state index contributed by atoms with van der Waals surface area (Å²) in [6.45, 7) is 2.74. The predicted octanol–water partition coefficient (Wildman–Crippen LogP) is 3.19. The van der Waals surface area contributed by atoms with Crippen LogP contribution in [0.3, 0.4) is 0 Å². The molecule has 1 aliphatic rings. The molecule has 0 spiro atoms. The number of aliphatic imine (C=N–C) groups is 1. The van der Waals surface area contributed by atoms with E-state index in [0.29, 0.717) is 12.6 Å². The molecule has 0 heterocycles. The fourth-order valence-corrected chi connectivity index (χ4v) is 2.65. The lowest BCUT2D eigenvalue weighted by Crippen LogP contribution is -2.45. The van der Waals surface area contributed by atoms with Crippen LogP contribution in [-0.2, 0) is 0 Å². The largest absolute Gasteiger partial charge is 0.497 e. The van der Waals surface area contributed by atoms with Gasteiger partial charge in [-0.1, -0.05) is 18.9 Å². The van der Waals surface area contributed by atoms with Gasteiger partial charge in [0.2, 0.25) is 0 Å². The summed E-state index contributed by atoms with van der Waals surface area (Å²) in [6.07, 6.45) is 5.12. The van der Waals surface area contributed by atoms with Crippen molar-refractivity contribution in [3.63, 3.8) is 0 Å². The molecule has 1 unspecified atom stereocenters. The molecule has 23 heavy (non-hydrogen) atoms. The van der Waals surface area contributed by atoms with Crippen molar-refractivity contribution >= 4 is 29.9 Å². The van der Waals surface area contributed by atoms with E-state index in [2.05, 4.69) is 15.6 Å². The van der Waals surface area contributed by atoms with Crippen LogP contribution in [0.1, 0.15) is 32.6 Å². The minimum atomic E-state index is 0. The molecule has 1 saturated carbocycles. The number of rotatable bonds is 6. The summed E-state index contributed by atoms with van der Waals surface area (Å²) < 4.78 is 11.1. The predicted molar refractivity (Wildman–Crippen MR) is 105 cm³/mol. The van der Waals surface area contributed by atoms with Gasteiger partial charge in [-0.2, -0.15) is 0 Å². The quantitative estimate of drug-likeness (QED) is 0.411. The van der Waals surface area contributed by atoms with Crippen LogP contribution in [0.4, 0.5) is 0 Å². The average Bonchev–Trinajstić information content (AvgIpc) is 3.04. The summed E-state index contributed by atoms with van der Waals surface area (Å²) in [5.41, 5.74) is 0. The van der Waals surface area contributed by atoms with Crippen molar-refractivity contribution in [1.29, 1.82) is 0 Å². The summed E-state index contributed by atoms with van der Waals surface area (Å²) in [7, 11) is 3.46. The Bertz CT molecular complexity index is 490. The van der Waals surface area contributed by atoms with Crippen LogP contribution < -0.4 is 20.1 Å². The van der Waals surface area contributed by atoms with Gasteiger partial charge in [-0.3, -0.25) is 4.99 Å². The van der Waals surface area contributed by atoms with E-state index in [-0.39, 0.29) is 30.1 Å². The number of hydrogen-bond acceptors (Lipinski definition) is 3. The van der Waals surface area contributed by atoms with Crippen LogP contribution in [0.5, 0.6) is 11.5 Å². The van der Waals surface area contributed by atoms with E-state index >= 15 is 0 Å². The second-order valence-corrected chi connectivity index (χ2v) is 5.69. The molecule has 0 aliphatic heterocycles. The van der Waals surface area contributed by atoms with E-state index in [9.17, 15) is 0 Å². The van der Waals surface area contributed by atoms with E-state index in [1.807, 2.05) is 31.2 Å². The number of halogens is 1. The van der Waals surface area contributed by atoms with E-state index in [0.717, 1.165) is 17.5 Å². The van der Waals surface area contributed by atoms with Crippen LogP contribution in [0.15, 0.2) is 29.3 Å². The molecule has 0 bridgehead atoms. The Labute approximate surface area is 156 Å². The van der Waals surface area contributed by atoms with Gasteiger partial charge in [-0.05, 0) is 31.9 Å². The van der Waals surface area contributed by atoms with E-state index < -0.39 is 0 Å². The van der Waals surface area contributed by atoms with Crippen LogP contribution in [0, 0.1) is 0 Å². The van der Waals surface area contributed by atoms with Gasteiger partial charge in [0.05, 0.1) is 13.7 Å². The zero-order valence-electron chi connectivity index (χ0n) is 14.2. The Kier molecular flexibility index (Phi) is 9.13. The summed E-state index contributed by atoms with van der Waals surface area (Å²) in [5.74, 6) is 2.47. The highest BCUT2D eigenvalue weighted by Gasteiger charge is 2.16. The molecule has 0 amide bonds. The maximum absolute atomic E-state index is 5.90. The molecule has 0 saturated heterocycles. The molecule has 1 aromatic rings. The van der Waals surface area contributed by atoms with Gasteiger partial charge in [-0.25, -0.2) is 0 Å². The van der Waals surface area contributed by atoms with Gasteiger partial charge in [0.25, 0.3) is 0 Å². The molecule has 130 valence electrons. The number of hydrogen-bond donors (Lipinski definition) is 2. The number of ether oxygens (including phenoxy) is 2. The Morgan fingerprint density at radius 3 is 2.65 bits per heavy atom. The third-order valence-corrected chi connectivity index (χ3v) is 3.86. The monoisotopic (exact) mass is 433 g/mol. The fraction of sp³-hybridized carbons (Fsp3) is 0.588. The van der Waals surface area contributed by atoms with E-state index in [1.165, 1.54) is 25.7 Å². The molecule has 0 aromatic heterocycles. The topological polar surface area (TPSA) is 54.9 Å². The zero-order valence-corrected chi connectivity index (χ0v) is 16.5. The molecule has 6 heteroatoms. The number of nitrogens with one attached hydrogen (secondary N) is 2. The van der Waals surface area contributed by atoms with Crippen molar-refractivity contribution in [3.8, 4) is 11.5 Å². The van der Waals surface area contributed by atoms with Crippen LogP contribution >= 0.6 is 24.0 Å². The molecule has 1 aromatic carbocycles. The van der Waals surface area contributed by atoms with Crippen LogP contribution in [-0.4, -0.2) is 38.8 Å². The standard InChI is InChI=1S/C17H27N3O2.HI/c1-13(22-16-10-6-9-15(11-16)21-3)12-19-17(18-2)20-14-7-4-5-8-14;/h6,9-11,13-14H,4-5,7-8,12H2,1-3H3,(H2,18,19,20);1H. The van der Waals surface area contributed by atoms with Crippen molar-refractivity contribution in [3.05, 3.63) is 24.3 Å². The first-order valence-corrected chi connectivity index (χ1v) is 7.99. The van der Waals surface area contributed by atoms with Gasteiger partial charge in [0, 0.05) is 19.2 Å². The molecule has 0 radical (unpaired) electrons. The first-order valence-electron chi connectivity index (χ1n) is 7.99. The average molecular weight is 433 g/mol. The molecule has 1 aliphatic carbocycles. The number of nitrogens with zero attached hydrogens (tertiary/aromatic N) is 1. The maximum atomic E-state index is 5.90. The van der Waals surface area contributed by atoms with Gasteiger partial charge in [0.1, 0.15) is 17.6 Å². The summed E-state index contributed by atoms with van der Waals surface area (Å²) >= 11 is 0. The Balaban J connectivity index is 0.00000264. The molecule has 2 N–H and O–H groups in total. The van der Waals surface area contributed by atoms with Crippen molar-refractivity contribution < 1.29 is 9.47 Å². The lowest BCUT2D eigenvalue weighted by atomic mass is 10.2. The van der Waals surface area contributed by atoms with Crippen molar-refractivity contribution in [2.75, 3.05) is 20.7 Å². The number of benzene rings is 1. The summed E-state index contributed by atoms with van der Waals surface area (Å²) in [5, 5.41) is 6.79. The van der Waals surface area contributed by atoms with Crippen LogP contribution in [0.25, 0.3) is 0 Å². The summed E-state index contributed by atoms with van der Waals surface area (Å²) in [6, 6.07) is 8.21. The molecule has 1 atom stereocenters. The third kappa shape index (κ3) is 6.85. The minimum Gasteiger partial charge on any atom is -0.497 e. The molecule has 1 fully saturated rings. The first kappa shape index (κ1) is 19.9. The van der Waals surface area contributed by atoms with Crippen molar-refractivity contribution in [1.82, 2.24) is 10.6 Å². The Morgan fingerprint density at radius 2 is 2.00 bits per heavy atom. The Hall–Kier alpha value is -1.18. The first-order chi connectivity index (χ1) is 10.7. The van der Waals surface area contributed by atoms with Crippen molar-refractivity contribution in [2.45, 2.75) is 44.8 Å². The van der Waals surface area contributed by atoms with Gasteiger partial charge in [-0.15, -0.1) is 24.0 Å². The van der Waals surface area contributed by atoms with Crippen LogP contribution in [0.2, 0.25) is 0 Å². The molecular formula is C17H28IN3O2. The van der Waals surface area contributed by atoms with Crippen molar-refractivity contribution in [2.24, 2.45) is 4.99 Å². The van der Waals surface area contributed by atoms with E-state index in [4.69, 9.17) is 9.47 Å². The lowest BCUT2D eigenvalue weighted by molar-refractivity contribution is 0.222. The smallest absolute Gasteiger partial charge is 0.191 e. The molecular weight excluding hydrogens is 405 g/mol. The third-order valence-electron chi connectivity index (χ3n) is 3.86. The fourth-order valence-electron chi connectivity index (χ4n) is 2.65. The second kappa shape index (κ2) is 10.6. The minimum absolute atomic E-state index is 0. The maximum Gasteiger partial charge on any atom is 0.191 e. The number of methoxy groups -OCH3 is 1. The van der Waals surface area contributed by atoms with Gasteiger partial charge < -0.3 is 20.1 Å². The van der Waals surface area contributed by atoms with Gasteiger partial charge >= 0.3 is 0 Å². The van der Waals surface area contributed by atoms with Gasteiger partial charge in [0.15, 0.2) is 5.96 Å². The molecule has 2 rings (SSSR count). The highest BCUT2D eigenvalue weighted by Crippen LogP contribution is 2.20. The summed E-state index contributed by atoms with van der Waals surface area (Å²) in [4.78, 5) is 4.28. The zero-order chi connectivity index (χ0) is 15.8. The lowest BCUT2D eigenvalue weighted by Gasteiger charge is -2.20. The normalized spacial score (nSPS) is 16.4. The highest BCUT2D eigenvalue weighted by molar-refractivity contribution is 14.0. The SMILES string of the molecule is CN=C(NCC(C)Oc1cccc(OC)c1)NC1CCCC1.I. The molecule has 5 nitrogen and oxygen atoms in total. The second-order valence-electron chi connectivity index (χ2n) is 5.69. The van der Waals surface area contributed by atoms with E-state index in [1.54, 1.807) is 14.2 Å².